The van der Waals surface area contributed by atoms with Gasteiger partial charge in [0, 0.05) is 33.0 Å². The Morgan fingerprint density at radius 3 is 2.24 bits per heavy atom. The van der Waals surface area contributed by atoms with E-state index in [1.165, 1.54) is 19.0 Å². The molecule has 5 atom stereocenters. The highest BCUT2D eigenvalue weighted by Crippen LogP contribution is 2.28. The molecule has 250 valence electrons. The molecule has 0 aromatic heterocycles. The molecule has 1 aliphatic rings. The van der Waals surface area contributed by atoms with Gasteiger partial charge in [-0.05, 0) is 31.4 Å². The molecule has 1 aromatic rings. The van der Waals surface area contributed by atoms with Gasteiger partial charge in [0.25, 0.3) is 0 Å². The normalized spacial score (nSPS) is 17.4. The standard InChI is InChI=1S/C33H49FN4O6S/c1-5-13-28(33(42)36-29(31(40)30(39)14-6-2)22-26-17-11-8-12-18-26)35-32(41)27(21-25-15-9-7-10-16-25)23-45(43,44)38(4)20-19-37(3)24-34/h1-2,7,9-10,15-16,26-31,39-40H,8,11-14,17-24H2,3-4H3,(H,35,41)(H,36,42). The molecular weight excluding hydrogens is 599 g/mol. The van der Waals surface area contributed by atoms with Gasteiger partial charge in [-0.25, -0.2) is 17.1 Å². The van der Waals surface area contributed by atoms with Gasteiger partial charge < -0.3 is 20.8 Å². The van der Waals surface area contributed by atoms with Crippen LogP contribution in [-0.4, -0.2) is 104 Å². The third kappa shape index (κ3) is 13.1. The first-order valence-electron chi connectivity index (χ1n) is 15.5. The third-order valence-electron chi connectivity index (χ3n) is 8.31. The Labute approximate surface area is 268 Å². The van der Waals surface area contributed by atoms with Crippen LogP contribution in [0.25, 0.3) is 0 Å². The molecule has 2 amide bonds. The second-order valence-corrected chi connectivity index (χ2v) is 14.1. The van der Waals surface area contributed by atoms with Crippen molar-refractivity contribution in [3.8, 4) is 24.7 Å². The van der Waals surface area contributed by atoms with Gasteiger partial charge in [0.15, 0.2) is 0 Å². The molecule has 0 heterocycles. The van der Waals surface area contributed by atoms with Crippen LogP contribution in [0.5, 0.6) is 0 Å². The number of hydrogen-bond donors (Lipinski definition) is 4. The molecule has 0 bridgehead atoms. The Kier molecular flexibility index (Phi) is 16.5. The Hall–Kier alpha value is -3.00. The van der Waals surface area contributed by atoms with Crippen molar-refractivity contribution < 1.29 is 32.6 Å². The Balaban J connectivity index is 2.26. The zero-order valence-corrected chi connectivity index (χ0v) is 27.2. The number of carbonyl (C=O) groups is 2. The third-order valence-corrected chi connectivity index (χ3v) is 10.3. The maximum Gasteiger partial charge on any atom is 0.243 e. The number of terminal acetylenes is 2. The van der Waals surface area contributed by atoms with Crippen molar-refractivity contribution in [3.05, 3.63) is 35.9 Å². The van der Waals surface area contributed by atoms with Crippen molar-refractivity contribution in [3.63, 3.8) is 0 Å². The van der Waals surface area contributed by atoms with Gasteiger partial charge in [-0.15, -0.1) is 24.7 Å². The van der Waals surface area contributed by atoms with Crippen LogP contribution >= 0.6 is 0 Å². The van der Waals surface area contributed by atoms with Crippen LogP contribution in [0.4, 0.5) is 4.39 Å². The smallest absolute Gasteiger partial charge is 0.243 e. The highest BCUT2D eigenvalue weighted by molar-refractivity contribution is 7.89. The number of likely N-dealkylation sites (N-methyl/N-ethyl adjacent to an activating group) is 2. The summed E-state index contributed by atoms with van der Waals surface area (Å²) in [4.78, 5) is 28.5. The maximum atomic E-state index is 13.7. The van der Waals surface area contributed by atoms with E-state index in [1.54, 1.807) is 30.3 Å². The van der Waals surface area contributed by atoms with Gasteiger partial charge >= 0.3 is 0 Å². The van der Waals surface area contributed by atoms with Crippen molar-refractivity contribution in [2.45, 2.75) is 82.1 Å². The summed E-state index contributed by atoms with van der Waals surface area (Å²) in [7, 11) is -1.05. The van der Waals surface area contributed by atoms with Gasteiger partial charge in [-0.2, -0.15) is 0 Å². The molecule has 12 heteroatoms. The number of amides is 2. The molecule has 0 aliphatic heterocycles. The second-order valence-electron chi connectivity index (χ2n) is 12.0. The SMILES string of the molecule is C#CCC(NC(=O)C(Cc1ccccc1)CS(=O)(=O)N(C)CCN(C)CF)C(=O)NC(CC1CCCCC1)C(O)C(O)CC#C. The lowest BCUT2D eigenvalue weighted by atomic mass is 9.82. The molecule has 2 rings (SSSR count). The molecule has 1 saturated carbocycles. The van der Waals surface area contributed by atoms with Crippen molar-refractivity contribution in [1.29, 1.82) is 0 Å². The van der Waals surface area contributed by atoms with Crippen LogP contribution in [0.15, 0.2) is 30.3 Å². The quantitative estimate of drug-likeness (QED) is 0.132. The number of aliphatic hydroxyl groups is 2. The average molecular weight is 649 g/mol. The summed E-state index contributed by atoms with van der Waals surface area (Å²) < 4.78 is 40.5. The predicted octanol–water partition coefficient (Wildman–Crippen LogP) is 1.67. The number of carbonyl (C=O) groups excluding carboxylic acids is 2. The number of halogens is 1. The number of sulfonamides is 1. The summed E-state index contributed by atoms with van der Waals surface area (Å²) in [6.07, 6.45) is 13.6. The summed E-state index contributed by atoms with van der Waals surface area (Å²) >= 11 is 0. The van der Waals surface area contributed by atoms with E-state index in [0.717, 1.165) is 42.0 Å². The highest BCUT2D eigenvalue weighted by Gasteiger charge is 2.34. The molecule has 10 nitrogen and oxygen atoms in total. The Bertz CT molecular complexity index is 1250. The number of rotatable bonds is 19. The minimum atomic E-state index is -3.95. The number of benzene rings is 1. The minimum absolute atomic E-state index is 0.0286. The topological polar surface area (TPSA) is 139 Å². The highest BCUT2D eigenvalue weighted by atomic mass is 32.2. The van der Waals surface area contributed by atoms with Crippen molar-refractivity contribution >= 4 is 21.8 Å². The van der Waals surface area contributed by atoms with Gasteiger partial charge in [0.2, 0.25) is 21.8 Å². The predicted molar refractivity (Wildman–Crippen MR) is 173 cm³/mol. The summed E-state index contributed by atoms with van der Waals surface area (Å²) in [6.45, 7) is -0.538. The zero-order valence-electron chi connectivity index (χ0n) is 26.4. The number of nitrogens with zero attached hydrogens (tertiary/aromatic N) is 2. The summed E-state index contributed by atoms with van der Waals surface area (Å²) in [5.41, 5.74) is 0.726. The van der Waals surface area contributed by atoms with Crippen molar-refractivity contribution in [1.82, 2.24) is 19.8 Å². The van der Waals surface area contributed by atoms with E-state index in [0.29, 0.717) is 6.42 Å². The average Bonchev–Trinajstić information content (AvgIpc) is 3.03. The minimum Gasteiger partial charge on any atom is -0.389 e. The number of alkyl halides is 1. The fourth-order valence-electron chi connectivity index (χ4n) is 5.49. The van der Waals surface area contributed by atoms with Crippen LogP contribution in [0.3, 0.4) is 0 Å². The lowest BCUT2D eigenvalue weighted by Gasteiger charge is -2.33. The van der Waals surface area contributed by atoms with E-state index in [4.69, 9.17) is 12.8 Å². The molecule has 0 saturated heterocycles. The molecule has 1 fully saturated rings. The van der Waals surface area contributed by atoms with Crippen molar-refractivity contribution in [2.75, 3.05) is 39.7 Å². The van der Waals surface area contributed by atoms with Gasteiger partial charge in [-0.3, -0.25) is 14.5 Å². The molecule has 1 aromatic carbocycles. The number of nitrogens with one attached hydrogen (secondary N) is 2. The molecule has 4 N–H and O–H groups in total. The van der Waals surface area contributed by atoms with E-state index >= 15 is 0 Å². The summed E-state index contributed by atoms with van der Waals surface area (Å²) in [5.74, 6) is 2.01. The fraction of sp³-hybridized carbons (Fsp3) is 0.636. The molecule has 5 unspecified atom stereocenters. The van der Waals surface area contributed by atoms with Gasteiger partial charge in [0.1, 0.15) is 18.9 Å². The van der Waals surface area contributed by atoms with Crippen LogP contribution in [0.2, 0.25) is 0 Å². The van der Waals surface area contributed by atoms with E-state index in [1.807, 2.05) is 0 Å². The fourth-order valence-corrected chi connectivity index (χ4v) is 6.89. The number of aliphatic hydroxyl groups excluding tert-OH is 2. The monoisotopic (exact) mass is 648 g/mol. The summed E-state index contributed by atoms with van der Waals surface area (Å²) in [5, 5.41) is 26.8. The first-order chi connectivity index (χ1) is 21.4. The summed E-state index contributed by atoms with van der Waals surface area (Å²) in [6, 6.07) is 6.85. The van der Waals surface area contributed by atoms with E-state index in [-0.39, 0.29) is 38.3 Å². The van der Waals surface area contributed by atoms with E-state index in [2.05, 4.69) is 22.5 Å². The lowest BCUT2D eigenvalue weighted by Crippen LogP contribution is -2.56. The van der Waals surface area contributed by atoms with Crippen molar-refractivity contribution in [2.24, 2.45) is 11.8 Å². The van der Waals surface area contributed by atoms with Gasteiger partial charge in [-0.1, -0.05) is 62.4 Å². The van der Waals surface area contributed by atoms with Gasteiger partial charge in [0.05, 0.1) is 23.8 Å². The largest absolute Gasteiger partial charge is 0.389 e. The molecule has 0 spiro atoms. The first-order valence-corrected chi connectivity index (χ1v) is 17.1. The first kappa shape index (κ1) is 38.2. The molecular formula is C33H49FN4O6S. The Morgan fingerprint density at radius 1 is 1.00 bits per heavy atom. The Morgan fingerprint density at radius 2 is 1.64 bits per heavy atom. The van der Waals surface area contributed by atoms with Crippen LogP contribution in [-0.2, 0) is 26.0 Å². The zero-order chi connectivity index (χ0) is 33.4. The van der Waals surface area contributed by atoms with Crippen LogP contribution in [0, 0.1) is 36.5 Å². The molecule has 1 aliphatic carbocycles. The second kappa shape index (κ2) is 19.5. The molecule has 45 heavy (non-hydrogen) atoms. The molecule has 0 radical (unpaired) electrons. The van der Waals surface area contributed by atoms with E-state index < -0.39 is 64.6 Å². The van der Waals surface area contributed by atoms with Crippen LogP contribution < -0.4 is 10.6 Å². The van der Waals surface area contributed by atoms with Crippen LogP contribution in [0.1, 0.15) is 56.9 Å². The van der Waals surface area contributed by atoms with E-state index in [9.17, 15) is 32.6 Å². The number of hydrogen-bond acceptors (Lipinski definition) is 7. The maximum absolute atomic E-state index is 13.7. The lowest BCUT2D eigenvalue weighted by molar-refractivity contribution is -0.132.